The van der Waals surface area contributed by atoms with Gasteiger partial charge in [0, 0.05) is 52.4 Å². The SMILES string of the molecule is COc1cc2c(cc1OC)[C@@H]1C[C@H]3[C@H](CCCN3S(=O)(=O)CCCNS(=O)(=O)N(C)C)CN1CC2. The van der Waals surface area contributed by atoms with Gasteiger partial charge in [0.2, 0.25) is 10.0 Å². The molecule has 1 N–H and O–H groups in total. The summed E-state index contributed by atoms with van der Waals surface area (Å²) in [5.74, 6) is 1.66. The minimum Gasteiger partial charge on any atom is -0.493 e. The molecule has 0 spiro atoms. The second-order valence-corrected chi connectivity index (χ2v) is 13.8. The third kappa shape index (κ3) is 5.47. The average Bonchev–Trinajstić information content (AvgIpc) is 2.84. The van der Waals surface area contributed by atoms with Crippen LogP contribution in [0.1, 0.15) is 42.9 Å². The quantitative estimate of drug-likeness (QED) is 0.478. The Hall–Kier alpha value is -1.44. The van der Waals surface area contributed by atoms with Crippen LogP contribution in [-0.2, 0) is 26.7 Å². The number of nitrogens with one attached hydrogen (secondary N) is 1. The van der Waals surface area contributed by atoms with E-state index in [0.717, 1.165) is 48.8 Å². The van der Waals surface area contributed by atoms with Crippen LogP contribution in [0.3, 0.4) is 0 Å². The predicted octanol–water partition coefficient (Wildman–Crippen LogP) is 1.20. The van der Waals surface area contributed by atoms with Gasteiger partial charge in [-0.2, -0.15) is 17.0 Å². The number of benzene rings is 1. The molecule has 0 saturated carbocycles. The third-order valence-electron chi connectivity index (χ3n) is 7.62. The minimum atomic E-state index is -3.56. The summed E-state index contributed by atoms with van der Waals surface area (Å²) in [7, 11) is -0.919. The van der Waals surface area contributed by atoms with Crippen molar-refractivity contribution < 1.29 is 26.3 Å². The molecular formula is C23H38N4O6S2. The molecule has 3 atom stereocenters. The van der Waals surface area contributed by atoms with E-state index in [-0.39, 0.29) is 30.8 Å². The molecule has 4 rings (SSSR count). The normalized spacial score (nSPS) is 25.6. The van der Waals surface area contributed by atoms with Crippen molar-refractivity contribution in [2.45, 2.75) is 44.2 Å². The Morgan fingerprint density at radius 3 is 2.49 bits per heavy atom. The Morgan fingerprint density at radius 2 is 1.80 bits per heavy atom. The zero-order chi connectivity index (χ0) is 25.4. The van der Waals surface area contributed by atoms with Crippen molar-refractivity contribution in [1.29, 1.82) is 0 Å². The Kier molecular flexibility index (Phi) is 7.99. The second kappa shape index (κ2) is 10.5. The van der Waals surface area contributed by atoms with E-state index in [4.69, 9.17) is 9.47 Å². The molecule has 3 aliphatic heterocycles. The number of sulfonamides is 1. The lowest BCUT2D eigenvalue weighted by molar-refractivity contribution is 0.0218. The van der Waals surface area contributed by atoms with Gasteiger partial charge in [0.15, 0.2) is 11.5 Å². The molecule has 3 aliphatic rings. The first-order valence-electron chi connectivity index (χ1n) is 12.2. The van der Waals surface area contributed by atoms with Crippen molar-refractivity contribution in [3.05, 3.63) is 23.3 Å². The summed E-state index contributed by atoms with van der Waals surface area (Å²) >= 11 is 0. The maximum Gasteiger partial charge on any atom is 0.278 e. The predicted molar refractivity (Wildman–Crippen MR) is 134 cm³/mol. The van der Waals surface area contributed by atoms with Crippen LogP contribution in [0.4, 0.5) is 0 Å². The van der Waals surface area contributed by atoms with Crippen LogP contribution in [0, 0.1) is 5.92 Å². The topological polar surface area (TPSA) is 108 Å². The Labute approximate surface area is 209 Å². The molecule has 0 aliphatic carbocycles. The monoisotopic (exact) mass is 530 g/mol. The van der Waals surface area contributed by atoms with E-state index >= 15 is 0 Å². The summed E-state index contributed by atoms with van der Waals surface area (Å²) in [4.78, 5) is 2.50. The van der Waals surface area contributed by atoms with Gasteiger partial charge in [-0.25, -0.2) is 13.1 Å². The first-order chi connectivity index (χ1) is 16.6. The molecule has 3 heterocycles. The first kappa shape index (κ1) is 26.6. The van der Waals surface area contributed by atoms with E-state index < -0.39 is 20.2 Å². The molecule has 10 nitrogen and oxygen atoms in total. The van der Waals surface area contributed by atoms with Gasteiger partial charge in [0.1, 0.15) is 0 Å². The van der Waals surface area contributed by atoms with Crippen LogP contribution in [-0.4, -0.2) is 96.6 Å². The van der Waals surface area contributed by atoms with Crippen LogP contribution in [0.5, 0.6) is 11.5 Å². The van der Waals surface area contributed by atoms with Crippen molar-refractivity contribution in [2.24, 2.45) is 5.92 Å². The minimum absolute atomic E-state index is 0.0486. The summed E-state index contributed by atoms with van der Waals surface area (Å²) in [6.45, 7) is 2.46. The van der Waals surface area contributed by atoms with Gasteiger partial charge in [0.05, 0.1) is 20.0 Å². The number of nitrogens with zero attached hydrogens (tertiary/aromatic N) is 3. The van der Waals surface area contributed by atoms with Crippen molar-refractivity contribution in [3.8, 4) is 11.5 Å². The van der Waals surface area contributed by atoms with E-state index in [9.17, 15) is 16.8 Å². The van der Waals surface area contributed by atoms with Gasteiger partial charge in [-0.3, -0.25) is 4.90 Å². The summed E-state index contributed by atoms with van der Waals surface area (Å²) in [6, 6.07) is 4.21. The fraction of sp³-hybridized carbons (Fsp3) is 0.739. The van der Waals surface area contributed by atoms with Crippen LogP contribution in [0.25, 0.3) is 0 Å². The zero-order valence-corrected chi connectivity index (χ0v) is 22.7. The summed E-state index contributed by atoms with van der Waals surface area (Å²) < 4.78 is 66.8. The second-order valence-electron chi connectivity index (χ2n) is 9.83. The van der Waals surface area contributed by atoms with Crippen LogP contribution < -0.4 is 14.2 Å². The highest BCUT2D eigenvalue weighted by molar-refractivity contribution is 7.89. The molecule has 198 valence electrons. The van der Waals surface area contributed by atoms with Crippen molar-refractivity contribution >= 4 is 20.2 Å². The lowest BCUT2D eigenvalue weighted by Gasteiger charge is -2.51. The molecule has 2 saturated heterocycles. The van der Waals surface area contributed by atoms with Crippen molar-refractivity contribution in [2.75, 3.05) is 60.2 Å². The molecule has 1 aromatic rings. The van der Waals surface area contributed by atoms with Gasteiger partial charge in [-0.15, -0.1) is 0 Å². The van der Waals surface area contributed by atoms with Crippen LogP contribution in [0.15, 0.2) is 12.1 Å². The highest BCUT2D eigenvalue weighted by Gasteiger charge is 2.46. The lowest BCUT2D eigenvalue weighted by atomic mass is 9.77. The van der Waals surface area contributed by atoms with E-state index in [1.165, 1.54) is 25.2 Å². The van der Waals surface area contributed by atoms with Crippen molar-refractivity contribution in [3.63, 3.8) is 0 Å². The number of methoxy groups -OCH3 is 2. The van der Waals surface area contributed by atoms with E-state index in [2.05, 4.69) is 21.8 Å². The number of piperidine rings is 2. The molecule has 0 aromatic heterocycles. The maximum absolute atomic E-state index is 13.4. The molecular weight excluding hydrogens is 492 g/mol. The van der Waals surface area contributed by atoms with Crippen LogP contribution >= 0.6 is 0 Å². The molecule has 12 heteroatoms. The molecule has 35 heavy (non-hydrogen) atoms. The third-order valence-corrected chi connectivity index (χ3v) is 11.1. The van der Waals surface area contributed by atoms with Crippen molar-refractivity contribution in [1.82, 2.24) is 18.2 Å². The molecule has 0 bridgehead atoms. The van der Waals surface area contributed by atoms with E-state index in [1.807, 2.05) is 0 Å². The maximum atomic E-state index is 13.4. The van der Waals surface area contributed by atoms with E-state index in [0.29, 0.717) is 18.2 Å². The first-order valence-corrected chi connectivity index (χ1v) is 15.3. The fourth-order valence-electron chi connectivity index (χ4n) is 5.78. The summed E-state index contributed by atoms with van der Waals surface area (Å²) in [6.07, 6.45) is 3.81. The number of rotatable bonds is 9. The van der Waals surface area contributed by atoms with Gasteiger partial charge in [-0.1, -0.05) is 0 Å². The lowest BCUT2D eigenvalue weighted by Crippen LogP contribution is -2.57. The Bertz CT molecular complexity index is 1130. The van der Waals surface area contributed by atoms with Gasteiger partial charge >= 0.3 is 0 Å². The highest BCUT2D eigenvalue weighted by Crippen LogP contribution is 2.46. The molecule has 0 radical (unpaired) electrons. The molecule has 2 fully saturated rings. The number of ether oxygens (including phenoxy) is 2. The Balaban J connectivity index is 1.50. The smallest absolute Gasteiger partial charge is 0.278 e. The number of hydrogen-bond donors (Lipinski definition) is 1. The van der Waals surface area contributed by atoms with Gasteiger partial charge in [0.25, 0.3) is 10.2 Å². The van der Waals surface area contributed by atoms with Gasteiger partial charge in [-0.05, 0) is 61.3 Å². The highest BCUT2D eigenvalue weighted by atomic mass is 32.2. The van der Waals surface area contributed by atoms with Gasteiger partial charge < -0.3 is 9.47 Å². The molecule has 0 unspecified atom stereocenters. The fourth-order valence-corrected chi connectivity index (χ4v) is 8.26. The molecule has 0 amide bonds. The molecule has 1 aromatic carbocycles. The number of fused-ring (bicyclic) bond motifs is 4. The largest absolute Gasteiger partial charge is 0.493 e. The standard InChI is InChI=1S/C23H38N4O6S2/c1-25(2)35(30,31)24-9-6-12-34(28,29)27-10-5-7-18-16-26-11-8-17-13-22(32-3)23(33-4)14-19(17)21(26)15-20(18)27/h13-14,18,20-21,24H,5-12,15-16H2,1-4H3/t18-,20+,21+/m1/s1. The zero-order valence-electron chi connectivity index (χ0n) is 21.1. The average molecular weight is 531 g/mol. The van der Waals surface area contributed by atoms with E-state index in [1.54, 1.807) is 18.5 Å². The Morgan fingerprint density at radius 1 is 1.09 bits per heavy atom. The summed E-state index contributed by atoms with van der Waals surface area (Å²) in [5, 5.41) is 0. The van der Waals surface area contributed by atoms with Crippen LogP contribution in [0.2, 0.25) is 0 Å². The number of hydrogen-bond acceptors (Lipinski definition) is 7. The summed E-state index contributed by atoms with van der Waals surface area (Å²) in [5.41, 5.74) is 2.44.